The maximum atomic E-state index is 6.10. The highest BCUT2D eigenvalue weighted by atomic mass is 79.9. The fourth-order valence-corrected chi connectivity index (χ4v) is 3.54. The van der Waals surface area contributed by atoms with Crippen LogP contribution in [0.1, 0.15) is 55.8 Å². The fraction of sp³-hybridized carbons (Fsp3) is 0.647. The van der Waals surface area contributed by atoms with E-state index in [0.29, 0.717) is 0 Å². The highest BCUT2D eigenvalue weighted by molar-refractivity contribution is 9.10. The third-order valence-electron chi connectivity index (χ3n) is 4.32. The molecule has 1 aromatic carbocycles. The Kier molecular flexibility index (Phi) is 5.27. The maximum Gasteiger partial charge on any atom is 0.0849 e. The monoisotopic (exact) mass is 339 g/mol. The number of hydrogen-bond donors (Lipinski definition) is 1. The number of halogens is 1. The van der Waals surface area contributed by atoms with Gasteiger partial charge in [0.2, 0.25) is 0 Å². The molecule has 1 aliphatic rings. The third kappa shape index (κ3) is 3.26. The quantitative estimate of drug-likeness (QED) is 0.841. The van der Waals surface area contributed by atoms with Crippen LogP contribution in [0.15, 0.2) is 16.6 Å². The first-order valence-electron chi connectivity index (χ1n) is 7.62. The number of aryl methyl sites for hydroxylation is 2. The molecular weight excluding hydrogens is 314 g/mol. The van der Waals surface area contributed by atoms with Crippen LogP contribution in [0, 0.1) is 13.8 Å². The minimum absolute atomic E-state index is 0.0831. The van der Waals surface area contributed by atoms with Crippen LogP contribution in [0.2, 0.25) is 0 Å². The fourth-order valence-electron chi connectivity index (χ4n) is 3.09. The van der Waals surface area contributed by atoms with Gasteiger partial charge in [0.1, 0.15) is 0 Å². The topological polar surface area (TPSA) is 21.3 Å². The van der Waals surface area contributed by atoms with Gasteiger partial charge >= 0.3 is 0 Å². The molecule has 112 valence electrons. The summed E-state index contributed by atoms with van der Waals surface area (Å²) in [5.74, 6) is 0. The molecule has 1 N–H and O–H groups in total. The number of rotatable bonds is 5. The molecule has 1 saturated heterocycles. The third-order valence-corrected chi connectivity index (χ3v) is 5.17. The first-order chi connectivity index (χ1) is 9.48. The van der Waals surface area contributed by atoms with Crippen LogP contribution in [-0.2, 0) is 4.74 Å². The van der Waals surface area contributed by atoms with E-state index in [1.54, 1.807) is 0 Å². The lowest BCUT2D eigenvalue weighted by Gasteiger charge is -2.35. The summed E-state index contributed by atoms with van der Waals surface area (Å²) in [6.07, 6.45) is 3.43. The SMILES string of the molecule is CCCNC(c1cc(C)c(Br)cc1C)C1(C)CCCO1. The Labute approximate surface area is 131 Å². The maximum absolute atomic E-state index is 6.10. The number of ether oxygens (including phenoxy) is 1. The van der Waals surface area contributed by atoms with Crippen molar-refractivity contribution in [1.29, 1.82) is 0 Å². The molecule has 0 radical (unpaired) electrons. The Bertz CT molecular complexity index is 466. The van der Waals surface area contributed by atoms with Crippen molar-refractivity contribution in [2.45, 2.75) is 58.6 Å². The average molecular weight is 340 g/mol. The van der Waals surface area contributed by atoms with E-state index in [0.717, 1.165) is 32.4 Å². The van der Waals surface area contributed by atoms with Crippen LogP contribution >= 0.6 is 15.9 Å². The second kappa shape index (κ2) is 6.59. The molecule has 0 aliphatic carbocycles. The highest BCUT2D eigenvalue weighted by Gasteiger charge is 2.39. The van der Waals surface area contributed by atoms with E-state index in [-0.39, 0.29) is 11.6 Å². The van der Waals surface area contributed by atoms with Crippen molar-refractivity contribution in [3.05, 3.63) is 33.3 Å². The predicted octanol–water partition coefficient (Wildman–Crippen LogP) is 4.68. The normalized spacial score (nSPS) is 24.1. The smallest absolute Gasteiger partial charge is 0.0849 e. The molecule has 1 heterocycles. The molecule has 2 unspecified atom stereocenters. The molecule has 1 fully saturated rings. The van der Waals surface area contributed by atoms with Crippen molar-refractivity contribution in [1.82, 2.24) is 5.32 Å². The van der Waals surface area contributed by atoms with Gasteiger partial charge < -0.3 is 10.1 Å². The predicted molar refractivity (Wildman–Crippen MR) is 88.2 cm³/mol. The highest BCUT2D eigenvalue weighted by Crippen LogP contribution is 2.39. The molecule has 0 aromatic heterocycles. The standard InChI is InChI=1S/C17H26BrNO/c1-5-8-19-16(17(4)7-6-9-20-17)14-10-13(3)15(18)11-12(14)2/h10-11,16,19H,5-9H2,1-4H3. The molecule has 2 rings (SSSR count). The summed E-state index contributed by atoms with van der Waals surface area (Å²) in [5.41, 5.74) is 3.91. The lowest BCUT2D eigenvalue weighted by atomic mass is 9.85. The molecule has 1 aromatic rings. The molecule has 0 spiro atoms. The summed E-state index contributed by atoms with van der Waals surface area (Å²) in [6.45, 7) is 10.7. The summed E-state index contributed by atoms with van der Waals surface area (Å²) in [7, 11) is 0. The Hall–Kier alpha value is -0.380. The number of hydrogen-bond acceptors (Lipinski definition) is 2. The van der Waals surface area contributed by atoms with E-state index in [1.807, 2.05) is 0 Å². The van der Waals surface area contributed by atoms with E-state index in [2.05, 4.69) is 61.1 Å². The van der Waals surface area contributed by atoms with E-state index in [4.69, 9.17) is 4.74 Å². The van der Waals surface area contributed by atoms with Gasteiger partial charge in [-0.05, 0) is 69.3 Å². The van der Waals surface area contributed by atoms with Gasteiger partial charge in [-0.2, -0.15) is 0 Å². The number of nitrogens with one attached hydrogen (secondary N) is 1. The molecule has 20 heavy (non-hydrogen) atoms. The lowest BCUT2D eigenvalue weighted by Crippen LogP contribution is -2.42. The van der Waals surface area contributed by atoms with Crippen LogP contribution in [-0.4, -0.2) is 18.8 Å². The Morgan fingerprint density at radius 1 is 1.35 bits per heavy atom. The van der Waals surface area contributed by atoms with Gasteiger partial charge in [-0.15, -0.1) is 0 Å². The van der Waals surface area contributed by atoms with Gasteiger partial charge in [0.25, 0.3) is 0 Å². The number of benzene rings is 1. The lowest BCUT2D eigenvalue weighted by molar-refractivity contribution is -0.0126. The van der Waals surface area contributed by atoms with Crippen molar-refractivity contribution >= 4 is 15.9 Å². The molecule has 0 bridgehead atoms. The minimum Gasteiger partial charge on any atom is -0.373 e. The van der Waals surface area contributed by atoms with Gasteiger partial charge in [-0.1, -0.05) is 28.9 Å². The summed E-state index contributed by atoms with van der Waals surface area (Å²) >= 11 is 3.63. The van der Waals surface area contributed by atoms with Crippen LogP contribution in [0.5, 0.6) is 0 Å². The summed E-state index contributed by atoms with van der Waals surface area (Å²) in [4.78, 5) is 0. The van der Waals surface area contributed by atoms with Crippen molar-refractivity contribution in [2.75, 3.05) is 13.2 Å². The first-order valence-corrected chi connectivity index (χ1v) is 8.41. The van der Waals surface area contributed by atoms with Gasteiger partial charge in [0, 0.05) is 11.1 Å². The van der Waals surface area contributed by atoms with E-state index >= 15 is 0 Å². The van der Waals surface area contributed by atoms with Crippen molar-refractivity contribution in [3.8, 4) is 0 Å². The van der Waals surface area contributed by atoms with Gasteiger partial charge in [0.15, 0.2) is 0 Å². The summed E-state index contributed by atoms with van der Waals surface area (Å²) in [5, 5.41) is 3.72. The Morgan fingerprint density at radius 3 is 2.70 bits per heavy atom. The van der Waals surface area contributed by atoms with Crippen molar-refractivity contribution in [3.63, 3.8) is 0 Å². The van der Waals surface area contributed by atoms with E-state index < -0.39 is 0 Å². The second-order valence-corrected chi connectivity index (χ2v) is 6.96. The van der Waals surface area contributed by atoms with Crippen LogP contribution in [0.4, 0.5) is 0 Å². The van der Waals surface area contributed by atoms with Gasteiger partial charge in [-0.25, -0.2) is 0 Å². The van der Waals surface area contributed by atoms with Gasteiger partial charge in [-0.3, -0.25) is 0 Å². The van der Waals surface area contributed by atoms with Crippen molar-refractivity contribution in [2.24, 2.45) is 0 Å². The first kappa shape index (κ1) is 16.0. The van der Waals surface area contributed by atoms with Gasteiger partial charge in [0.05, 0.1) is 11.6 Å². The molecule has 0 saturated carbocycles. The van der Waals surface area contributed by atoms with Crippen LogP contribution in [0.3, 0.4) is 0 Å². The molecule has 2 atom stereocenters. The molecular formula is C17H26BrNO. The average Bonchev–Trinajstić information content (AvgIpc) is 2.83. The zero-order chi connectivity index (χ0) is 14.8. The largest absolute Gasteiger partial charge is 0.373 e. The zero-order valence-corrected chi connectivity index (χ0v) is 14.6. The second-order valence-electron chi connectivity index (χ2n) is 6.11. The molecule has 2 nitrogen and oxygen atoms in total. The van der Waals surface area contributed by atoms with E-state index in [1.165, 1.54) is 21.2 Å². The van der Waals surface area contributed by atoms with Crippen LogP contribution < -0.4 is 5.32 Å². The molecule has 3 heteroatoms. The Balaban J connectivity index is 2.38. The molecule has 0 amide bonds. The summed E-state index contributed by atoms with van der Waals surface area (Å²) in [6, 6.07) is 4.81. The van der Waals surface area contributed by atoms with Crippen molar-refractivity contribution < 1.29 is 4.74 Å². The molecule has 1 aliphatic heterocycles. The van der Waals surface area contributed by atoms with Crippen LogP contribution in [0.25, 0.3) is 0 Å². The van der Waals surface area contributed by atoms with E-state index in [9.17, 15) is 0 Å². The zero-order valence-electron chi connectivity index (χ0n) is 13.1. The minimum atomic E-state index is -0.0831. The Morgan fingerprint density at radius 2 is 2.10 bits per heavy atom. The summed E-state index contributed by atoms with van der Waals surface area (Å²) < 4.78 is 7.29.